The molecule has 0 aromatic rings. The van der Waals surface area contributed by atoms with Crippen LogP contribution in [-0.4, -0.2) is 19.6 Å². The summed E-state index contributed by atoms with van der Waals surface area (Å²) in [5.41, 5.74) is 0. The molecule has 1 fully saturated rings. The van der Waals surface area contributed by atoms with Gasteiger partial charge < -0.3 is 17.0 Å². The van der Waals surface area contributed by atoms with Gasteiger partial charge in [0.1, 0.15) is 0 Å². The first kappa shape index (κ1) is 10.3. The van der Waals surface area contributed by atoms with E-state index >= 15 is 0 Å². The van der Waals surface area contributed by atoms with E-state index in [-0.39, 0.29) is 17.0 Å². The van der Waals surface area contributed by atoms with E-state index in [0.717, 1.165) is 0 Å². The van der Waals surface area contributed by atoms with Crippen LogP contribution in [0.15, 0.2) is 0 Å². The molecule has 1 rings (SSSR count). The number of rotatable bonds is 1. The minimum absolute atomic E-state index is 0. The van der Waals surface area contributed by atoms with Crippen LogP contribution in [0.3, 0.4) is 0 Å². The molecule has 56 valence electrons. The van der Waals surface area contributed by atoms with Crippen molar-refractivity contribution in [1.82, 2.24) is 0 Å². The Hall–Kier alpha value is 1.27. The fourth-order valence-electron chi connectivity index (χ4n) is 1.35. The predicted octanol–water partition coefficient (Wildman–Crippen LogP) is -0.311. The van der Waals surface area contributed by atoms with Crippen molar-refractivity contribution >= 4 is 19.6 Å². The molecule has 0 amide bonds. The zero-order chi connectivity index (χ0) is 5.98. The summed E-state index contributed by atoms with van der Waals surface area (Å²) in [7, 11) is 0. The van der Waals surface area contributed by atoms with Crippen LogP contribution in [0.2, 0.25) is 12.9 Å². The second kappa shape index (κ2) is 4.99. The maximum Gasteiger partial charge on any atom is -1.00 e. The first-order chi connectivity index (χ1) is 3.84. The number of hydrogen-bond acceptors (Lipinski definition) is 0. The molecule has 1 aliphatic heterocycles. The molecule has 0 aliphatic carbocycles. The van der Waals surface area contributed by atoms with Gasteiger partial charge in [0.15, 0.2) is 0 Å². The third-order valence-corrected chi connectivity index (χ3v) is 10.3. The third-order valence-electron chi connectivity index (χ3n) is 1.96. The summed E-state index contributed by atoms with van der Waals surface area (Å²) in [5.74, 6) is 0. The summed E-state index contributed by atoms with van der Waals surface area (Å²) < 4.78 is 4.44. The molecule has 1 atom stereocenters. The summed E-state index contributed by atoms with van der Waals surface area (Å²) in [6.45, 7) is 4.85. The first-order valence-corrected chi connectivity index (χ1v) is 8.15. The second-order valence-electron chi connectivity index (χ2n) is 2.48. The standard InChI is InChI=1S/C7H15Te.BrH/c1-3-8-6-4-5-7(8)2;/h7H,3-6H2,1-2H3;1H/q+1;/p-1. The van der Waals surface area contributed by atoms with E-state index in [1.165, 1.54) is 3.97 Å². The van der Waals surface area contributed by atoms with Crippen LogP contribution in [0.25, 0.3) is 0 Å². The van der Waals surface area contributed by atoms with E-state index in [1.807, 2.05) is 0 Å². The molecule has 1 aliphatic rings. The summed E-state index contributed by atoms with van der Waals surface area (Å²) in [6, 6.07) is 0. The van der Waals surface area contributed by atoms with E-state index in [4.69, 9.17) is 0 Å². The van der Waals surface area contributed by atoms with Gasteiger partial charge in [-0.15, -0.1) is 0 Å². The molecule has 0 spiro atoms. The maximum absolute atomic E-state index is 2.47. The molecule has 0 nitrogen and oxygen atoms in total. The van der Waals surface area contributed by atoms with Crippen molar-refractivity contribution in [3.8, 4) is 0 Å². The Balaban J connectivity index is 0.000000640. The van der Waals surface area contributed by atoms with Crippen LogP contribution in [0.4, 0.5) is 0 Å². The quantitative estimate of drug-likeness (QED) is 0.583. The van der Waals surface area contributed by atoms with Gasteiger partial charge in [-0.1, -0.05) is 0 Å². The molecule has 1 unspecified atom stereocenters. The molecular formula is C7H15BrTe. The van der Waals surface area contributed by atoms with Crippen molar-refractivity contribution in [2.75, 3.05) is 0 Å². The van der Waals surface area contributed by atoms with Gasteiger partial charge in [-0.3, -0.25) is 0 Å². The smallest absolute Gasteiger partial charge is 1.00 e. The van der Waals surface area contributed by atoms with E-state index in [0.29, 0.717) is 0 Å². The second-order valence-corrected chi connectivity index (χ2v) is 10.7. The molecular weight excluding hydrogens is 292 g/mol. The topological polar surface area (TPSA) is 0 Å². The van der Waals surface area contributed by atoms with E-state index in [9.17, 15) is 0 Å². The zero-order valence-electron chi connectivity index (χ0n) is 6.19. The Morgan fingerprint density at radius 2 is 2.22 bits per heavy atom. The van der Waals surface area contributed by atoms with Crippen LogP contribution in [-0.2, 0) is 0 Å². The van der Waals surface area contributed by atoms with Gasteiger partial charge >= 0.3 is 59.1 Å². The number of hydrogen-bond donors (Lipinski definition) is 0. The van der Waals surface area contributed by atoms with Crippen molar-refractivity contribution in [3.05, 3.63) is 0 Å². The molecule has 2 heteroatoms. The molecule has 0 saturated carbocycles. The molecule has 0 bridgehead atoms. The minimum atomic E-state index is -0.427. The van der Waals surface area contributed by atoms with Gasteiger partial charge in [0.2, 0.25) is 0 Å². The van der Waals surface area contributed by atoms with Crippen molar-refractivity contribution < 1.29 is 17.0 Å². The van der Waals surface area contributed by atoms with Crippen LogP contribution in [0, 0.1) is 0 Å². The monoisotopic (exact) mass is 308 g/mol. The SMILES string of the molecule is CC[Te+]1CCCC1C.[Br-]. The molecule has 1 saturated heterocycles. The summed E-state index contributed by atoms with van der Waals surface area (Å²) >= 11 is -0.427. The van der Waals surface area contributed by atoms with E-state index < -0.39 is 19.6 Å². The molecule has 1 heterocycles. The average molecular weight is 307 g/mol. The fourth-order valence-corrected chi connectivity index (χ4v) is 7.91. The normalized spacial score (nSPS) is 28.0. The first-order valence-electron chi connectivity index (χ1n) is 3.51. The van der Waals surface area contributed by atoms with Crippen LogP contribution < -0.4 is 17.0 Å². The number of halogens is 1. The Bertz CT molecular complexity index is 75.3. The van der Waals surface area contributed by atoms with Crippen LogP contribution in [0.1, 0.15) is 26.7 Å². The fraction of sp³-hybridized carbons (Fsp3) is 1.00. The third kappa shape index (κ3) is 2.78. The molecule has 0 aromatic heterocycles. The molecule has 0 radical (unpaired) electrons. The Morgan fingerprint density at radius 1 is 1.56 bits per heavy atom. The predicted molar refractivity (Wildman–Crippen MR) is 39.7 cm³/mol. The Labute approximate surface area is 75.8 Å². The van der Waals surface area contributed by atoms with Gasteiger partial charge in [-0.25, -0.2) is 0 Å². The van der Waals surface area contributed by atoms with Crippen molar-refractivity contribution in [2.24, 2.45) is 0 Å². The zero-order valence-corrected chi connectivity index (χ0v) is 10.1. The minimum Gasteiger partial charge on any atom is -1.00 e. The molecule has 0 N–H and O–H groups in total. The van der Waals surface area contributed by atoms with E-state index in [1.54, 1.807) is 21.8 Å². The Morgan fingerprint density at radius 3 is 2.44 bits per heavy atom. The maximum atomic E-state index is 2.47. The van der Waals surface area contributed by atoms with Crippen LogP contribution in [0.5, 0.6) is 0 Å². The van der Waals surface area contributed by atoms with E-state index in [2.05, 4.69) is 13.8 Å². The largest absolute Gasteiger partial charge is 1.00 e. The summed E-state index contributed by atoms with van der Waals surface area (Å²) in [6.07, 6.45) is 3.12. The van der Waals surface area contributed by atoms with Crippen LogP contribution >= 0.6 is 0 Å². The van der Waals surface area contributed by atoms with Gasteiger partial charge in [0, 0.05) is 0 Å². The summed E-state index contributed by atoms with van der Waals surface area (Å²) in [4.78, 5) is 0. The molecule has 0 aromatic carbocycles. The molecule has 9 heavy (non-hydrogen) atoms. The van der Waals surface area contributed by atoms with Crippen molar-refractivity contribution in [3.63, 3.8) is 0 Å². The van der Waals surface area contributed by atoms with Gasteiger partial charge in [-0.05, 0) is 0 Å². The van der Waals surface area contributed by atoms with Crippen molar-refractivity contribution in [1.29, 1.82) is 0 Å². The van der Waals surface area contributed by atoms with Crippen molar-refractivity contribution in [2.45, 2.75) is 39.6 Å². The van der Waals surface area contributed by atoms with Gasteiger partial charge in [0.25, 0.3) is 0 Å². The van der Waals surface area contributed by atoms with Gasteiger partial charge in [-0.2, -0.15) is 0 Å². The Kier molecular flexibility index (Phi) is 5.70. The average Bonchev–Trinajstić information content (AvgIpc) is 2.14. The summed E-state index contributed by atoms with van der Waals surface area (Å²) in [5, 5.41) is 0. The van der Waals surface area contributed by atoms with Gasteiger partial charge in [0.05, 0.1) is 0 Å².